The minimum absolute atomic E-state index is 0.0172. The van der Waals surface area contributed by atoms with Crippen LogP contribution in [0.4, 0.5) is 0 Å². The molecular formula is C16H22N2. The van der Waals surface area contributed by atoms with Gasteiger partial charge >= 0.3 is 0 Å². The van der Waals surface area contributed by atoms with Crippen molar-refractivity contribution in [3.63, 3.8) is 0 Å². The standard InChI is InChI=1S/C16H22N2/c1-12(2)16(10-17)14-7-5-13(6-8-14)15-4-3-9-18-11-15/h5-8,12,15-16,18H,3-4,9,11H2,1-2H3. The van der Waals surface area contributed by atoms with Crippen LogP contribution in [0.3, 0.4) is 0 Å². The molecule has 1 saturated heterocycles. The quantitative estimate of drug-likeness (QED) is 0.881. The van der Waals surface area contributed by atoms with Crippen LogP contribution in [0.15, 0.2) is 24.3 Å². The molecule has 1 aromatic rings. The van der Waals surface area contributed by atoms with E-state index in [0.29, 0.717) is 11.8 Å². The van der Waals surface area contributed by atoms with Gasteiger partial charge < -0.3 is 5.32 Å². The average molecular weight is 242 g/mol. The van der Waals surface area contributed by atoms with E-state index in [1.807, 2.05) is 0 Å². The summed E-state index contributed by atoms with van der Waals surface area (Å²) in [5.41, 5.74) is 2.56. The minimum atomic E-state index is 0.0172. The highest BCUT2D eigenvalue weighted by atomic mass is 14.9. The predicted octanol–water partition coefficient (Wildman–Crippen LogP) is 3.42. The molecule has 1 heterocycles. The van der Waals surface area contributed by atoms with Crippen molar-refractivity contribution >= 4 is 0 Å². The number of rotatable bonds is 3. The summed E-state index contributed by atoms with van der Waals surface area (Å²) >= 11 is 0. The van der Waals surface area contributed by atoms with Crippen LogP contribution in [0.2, 0.25) is 0 Å². The van der Waals surface area contributed by atoms with Gasteiger partial charge in [-0.05, 0) is 42.3 Å². The van der Waals surface area contributed by atoms with Crippen molar-refractivity contribution in [2.24, 2.45) is 5.92 Å². The van der Waals surface area contributed by atoms with Gasteiger partial charge in [0, 0.05) is 6.54 Å². The molecule has 2 unspecified atom stereocenters. The molecule has 1 N–H and O–H groups in total. The van der Waals surface area contributed by atoms with Gasteiger partial charge in [-0.25, -0.2) is 0 Å². The molecule has 2 nitrogen and oxygen atoms in total. The Labute approximate surface area is 110 Å². The van der Waals surface area contributed by atoms with Gasteiger partial charge in [-0.1, -0.05) is 38.1 Å². The van der Waals surface area contributed by atoms with Gasteiger partial charge in [0.25, 0.3) is 0 Å². The monoisotopic (exact) mass is 242 g/mol. The van der Waals surface area contributed by atoms with Crippen molar-refractivity contribution in [2.45, 2.75) is 38.5 Å². The maximum atomic E-state index is 9.21. The molecule has 2 atom stereocenters. The van der Waals surface area contributed by atoms with Gasteiger partial charge in [0.2, 0.25) is 0 Å². The lowest BCUT2D eigenvalue weighted by Crippen LogP contribution is -2.28. The molecule has 2 heteroatoms. The van der Waals surface area contributed by atoms with Gasteiger partial charge in [0.05, 0.1) is 12.0 Å². The zero-order chi connectivity index (χ0) is 13.0. The van der Waals surface area contributed by atoms with E-state index < -0.39 is 0 Å². The molecule has 0 aromatic heterocycles. The fourth-order valence-electron chi connectivity index (χ4n) is 2.72. The third-order valence-electron chi connectivity index (χ3n) is 3.87. The summed E-state index contributed by atoms with van der Waals surface area (Å²) in [5, 5.41) is 12.7. The van der Waals surface area contributed by atoms with Crippen LogP contribution in [0.1, 0.15) is 49.7 Å². The van der Waals surface area contributed by atoms with Gasteiger partial charge in [-0.2, -0.15) is 5.26 Å². The highest BCUT2D eigenvalue weighted by Gasteiger charge is 2.17. The first-order valence-electron chi connectivity index (χ1n) is 6.92. The van der Waals surface area contributed by atoms with Crippen LogP contribution in [0, 0.1) is 17.2 Å². The highest BCUT2D eigenvalue weighted by molar-refractivity contribution is 5.31. The van der Waals surface area contributed by atoms with E-state index in [1.165, 1.54) is 18.4 Å². The van der Waals surface area contributed by atoms with Crippen LogP contribution in [0.25, 0.3) is 0 Å². The van der Waals surface area contributed by atoms with Crippen molar-refractivity contribution in [1.82, 2.24) is 5.32 Å². The van der Waals surface area contributed by atoms with Crippen molar-refractivity contribution in [3.05, 3.63) is 35.4 Å². The normalized spacial score (nSPS) is 21.6. The van der Waals surface area contributed by atoms with Crippen molar-refractivity contribution in [3.8, 4) is 6.07 Å². The van der Waals surface area contributed by atoms with Crippen LogP contribution >= 0.6 is 0 Å². The molecule has 18 heavy (non-hydrogen) atoms. The maximum Gasteiger partial charge on any atom is 0.0735 e. The number of benzene rings is 1. The van der Waals surface area contributed by atoms with Gasteiger partial charge in [-0.15, -0.1) is 0 Å². The van der Waals surface area contributed by atoms with Gasteiger partial charge in [0.15, 0.2) is 0 Å². The molecule has 1 aliphatic rings. The van der Waals surface area contributed by atoms with Gasteiger partial charge in [-0.3, -0.25) is 0 Å². The molecule has 2 rings (SSSR count). The molecule has 0 saturated carbocycles. The van der Waals surface area contributed by atoms with E-state index in [1.54, 1.807) is 0 Å². The second-order valence-electron chi connectivity index (χ2n) is 5.56. The first-order valence-corrected chi connectivity index (χ1v) is 6.92. The lowest BCUT2D eigenvalue weighted by molar-refractivity contribution is 0.461. The molecule has 1 fully saturated rings. The second-order valence-corrected chi connectivity index (χ2v) is 5.56. The Hall–Kier alpha value is -1.33. The fourth-order valence-corrected chi connectivity index (χ4v) is 2.72. The van der Waals surface area contributed by atoms with E-state index in [4.69, 9.17) is 0 Å². The smallest absolute Gasteiger partial charge is 0.0735 e. The summed E-state index contributed by atoms with van der Waals surface area (Å²) in [5.74, 6) is 1.04. The Morgan fingerprint density at radius 2 is 2.00 bits per heavy atom. The summed E-state index contributed by atoms with van der Waals surface area (Å²) in [7, 11) is 0. The Bertz CT molecular complexity index is 408. The topological polar surface area (TPSA) is 35.8 Å². The van der Waals surface area contributed by atoms with Crippen molar-refractivity contribution in [1.29, 1.82) is 5.26 Å². The number of hydrogen-bond acceptors (Lipinski definition) is 2. The third kappa shape index (κ3) is 2.91. The Kier molecular flexibility index (Phi) is 4.38. The number of nitrogens with zero attached hydrogens (tertiary/aromatic N) is 1. The van der Waals surface area contributed by atoms with Crippen LogP contribution in [-0.2, 0) is 0 Å². The molecule has 96 valence electrons. The largest absolute Gasteiger partial charge is 0.316 e. The summed E-state index contributed by atoms with van der Waals surface area (Å²) in [6.07, 6.45) is 2.54. The second kappa shape index (κ2) is 6.02. The molecule has 1 aromatic carbocycles. The first kappa shape index (κ1) is 13.1. The predicted molar refractivity (Wildman–Crippen MR) is 74.5 cm³/mol. The first-order chi connectivity index (χ1) is 8.72. The zero-order valence-corrected chi connectivity index (χ0v) is 11.3. The SMILES string of the molecule is CC(C)C(C#N)c1ccc(C2CCCNC2)cc1. The van der Waals surface area contributed by atoms with E-state index >= 15 is 0 Å². The van der Waals surface area contributed by atoms with Crippen LogP contribution in [-0.4, -0.2) is 13.1 Å². The number of nitrogens with one attached hydrogen (secondary N) is 1. The third-order valence-corrected chi connectivity index (χ3v) is 3.87. The van der Waals surface area contributed by atoms with Crippen molar-refractivity contribution in [2.75, 3.05) is 13.1 Å². The molecule has 1 aliphatic heterocycles. The lowest BCUT2D eigenvalue weighted by Gasteiger charge is -2.23. The summed E-state index contributed by atoms with van der Waals surface area (Å²) < 4.78 is 0. The lowest BCUT2D eigenvalue weighted by atomic mass is 9.86. The Balaban J connectivity index is 2.12. The molecule has 0 amide bonds. The summed E-state index contributed by atoms with van der Waals surface area (Å²) in [4.78, 5) is 0. The Morgan fingerprint density at radius 1 is 1.28 bits per heavy atom. The fraction of sp³-hybridized carbons (Fsp3) is 0.562. The van der Waals surface area contributed by atoms with Crippen molar-refractivity contribution < 1.29 is 0 Å². The van der Waals surface area contributed by atoms with Crippen LogP contribution in [0.5, 0.6) is 0 Å². The van der Waals surface area contributed by atoms with E-state index in [-0.39, 0.29) is 5.92 Å². The highest BCUT2D eigenvalue weighted by Crippen LogP contribution is 2.27. The van der Waals surface area contributed by atoms with Crippen LogP contribution < -0.4 is 5.32 Å². The molecule has 0 bridgehead atoms. The molecule has 0 aliphatic carbocycles. The summed E-state index contributed by atoms with van der Waals surface area (Å²) in [6.45, 7) is 6.45. The number of nitriles is 1. The molecular weight excluding hydrogens is 220 g/mol. The minimum Gasteiger partial charge on any atom is -0.316 e. The summed E-state index contributed by atoms with van der Waals surface area (Å²) in [6, 6.07) is 11.1. The Morgan fingerprint density at radius 3 is 2.50 bits per heavy atom. The van der Waals surface area contributed by atoms with E-state index in [0.717, 1.165) is 18.7 Å². The molecule has 0 spiro atoms. The number of piperidine rings is 1. The zero-order valence-electron chi connectivity index (χ0n) is 11.3. The molecule has 0 radical (unpaired) electrons. The van der Waals surface area contributed by atoms with E-state index in [2.05, 4.69) is 49.5 Å². The average Bonchev–Trinajstić information content (AvgIpc) is 2.41. The van der Waals surface area contributed by atoms with E-state index in [9.17, 15) is 5.26 Å². The van der Waals surface area contributed by atoms with Gasteiger partial charge in [0.1, 0.15) is 0 Å². The number of hydrogen-bond donors (Lipinski definition) is 1. The maximum absolute atomic E-state index is 9.21.